The molecule has 0 bridgehead atoms. The van der Waals surface area contributed by atoms with Gasteiger partial charge < -0.3 is 14.4 Å². The SMILES string of the molecule is COc1cc2c(-c3ccccc3)cc(-c3ccccc3)c(N(C)C)c2cc1OC. The highest BCUT2D eigenvalue weighted by Gasteiger charge is 2.19. The Morgan fingerprint density at radius 3 is 1.55 bits per heavy atom. The first-order chi connectivity index (χ1) is 14.1. The molecule has 3 heteroatoms. The van der Waals surface area contributed by atoms with Crippen LogP contribution in [0.3, 0.4) is 0 Å². The molecule has 4 aromatic carbocycles. The summed E-state index contributed by atoms with van der Waals surface area (Å²) in [5.41, 5.74) is 5.88. The largest absolute Gasteiger partial charge is 0.493 e. The first-order valence-corrected chi connectivity index (χ1v) is 9.65. The van der Waals surface area contributed by atoms with Gasteiger partial charge in [-0.25, -0.2) is 0 Å². The zero-order valence-corrected chi connectivity index (χ0v) is 17.3. The molecule has 0 amide bonds. The molecule has 0 radical (unpaired) electrons. The third-order valence-corrected chi connectivity index (χ3v) is 5.23. The number of nitrogens with zero attached hydrogens (tertiary/aromatic N) is 1. The Balaban J connectivity index is 2.17. The van der Waals surface area contributed by atoms with Gasteiger partial charge >= 0.3 is 0 Å². The van der Waals surface area contributed by atoms with Gasteiger partial charge in [0.2, 0.25) is 0 Å². The van der Waals surface area contributed by atoms with Gasteiger partial charge in [0.25, 0.3) is 0 Å². The number of fused-ring (bicyclic) bond motifs is 1. The molecule has 0 unspecified atom stereocenters. The van der Waals surface area contributed by atoms with Crippen molar-refractivity contribution in [3.05, 3.63) is 78.9 Å². The summed E-state index contributed by atoms with van der Waals surface area (Å²) in [7, 11) is 7.52. The van der Waals surface area contributed by atoms with Crippen molar-refractivity contribution >= 4 is 16.5 Å². The number of hydrogen-bond donors (Lipinski definition) is 0. The number of rotatable bonds is 5. The standard InChI is InChI=1S/C26H25NO2/c1-27(2)26-21(19-13-9-6-10-14-19)15-20(18-11-7-5-8-12-18)22-16-24(28-3)25(29-4)17-23(22)26/h5-17H,1-4H3. The van der Waals surface area contributed by atoms with E-state index < -0.39 is 0 Å². The van der Waals surface area contributed by atoms with Crippen molar-refractivity contribution < 1.29 is 9.47 Å². The van der Waals surface area contributed by atoms with Gasteiger partial charge in [0.15, 0.2) is 11.5 Å². The minimum atomic E-state index is 0.729. The van der Waals surface area contributed by atoms with Crippen LogP contribution in [0.4, 0.5) is 5.69 Å². The van der Waals surface area contributed by atoms with E-state index in [0.717, 1.165) is 28.0 Å². The van der Waals surface area contributed by atoms with Gasteiger partial charge in [0, 0.05) is 25.0 Å². The zero-order chi connectivity index (χ0) is 20.4. The van der Waals surface area contributed by atoms with Crippen molar-refractivity contribution in [3.63, 3.8) is 0 Å². The molecule has 0 saturated carbocycles. The molecule has 146 valence electrons. The fourth-order valence-corrected chi connectivity index (χ4v) is 3.91. The first kappa shape index (κ1) is 18.9. The smallest absolute Gasteiger partial charge is 0.161 e. The molecule has 0 spiro atoms. The lowest BCUT2D eigenvalue weighted by molar-refractivity contribution is 0.356. The topological polar surface area (TPSA) is 21.7 Å². The minimum absolute atomic E-state index is 0.729. The molecular formula is C26H25NO2. The Bertz CT molecular complexity index is 1140. The van der Waals surface area contributed by atoms with Gasteiger partial charge in [-0.3, -0.25) is 0 Å². The van der Waals surface area contributed by atoms with Crippen molar-refractivity contribution in [3.8, 4) is 33.8 Å². The average molecular weight is 383 g/mol. The van der Waals surface area contributed by atoms with Crippen LogP contribution in [0.15, 0.2) is 78.9 Å². The van der Waals surface area contributed by atoms with Crippen molar-refractivity contribution in [1.82, 2.24) is 0 Å². The number of hydrogen-bond acceptors (Lipinski definition) is 3. The summed E-state index contributed by atoms with van der Waals surface area (Å²) in [6.45, 7) is 0. The van der Waals surface area contributed by atoms with Crippen LogP contribution in [0.1, 0.15) is 0 Å². The molecule has 0 aliphatic carbocycles. The lowest BCUT2D eigenvalue weighted by Gasteiger charge is -2.24. The molecule has 0 heterocycles. The van der Waals surface area contributed by atoms with Crippen LogP contribution in [0.25, 0.3) is 33.0 Å². The summed E-state index contributed by atoms with van der Waals surface area (Å²) in [5.74, 6) is 1.46. The fraction of sp³-hybridized carbons (Fsp3) is 0.154. The predicted octanol–water partition coefficient (Wildman–Crippen LogP) is 6.26. The molecule has 0 aliphatic rings. The first-order valence-electron chi connectivity index (χ1n) is 9.65. The molecule has 29 heavy (non-hydrogen) atoms. The number of ether oxygens (including phenoxy) is 2. The minimum Gasteiger partial charge on any atom is -0.493 e. The van der Waals surface area contributed by atoms with Gasteiger partial charge in [-0.1, -0.05) is 60.7 Å². The van der Waals surface area contributed by atoms with E-state index in [0.29, 0.717) is 0 Å². The fourth-order valence-electron chi connectivity index (χ4n) is 3.91. The molecule has 0 N–H and O–H groups in total. The summed E-state index contributed by atoms with van der Waals surface area (Å²) < 4.78 is 11.2. The van der Waals surface area contributed by atoms with E-state index in [2.05, 4.69) is 85.7 Å². The lowest BCUT2D eigenvalue weighted by atomic mass is 9.90. The van der Waals surface area contributed by atoms with Crippen molar-refractivity contribution in [2.75, 3.05) is 33.2 Å². The van der Waals surface area contributed by atoms with E-state index >= 15 is 0 Å². The third-order valence-electron chi connectivity index (χ3n) is 5.23. The average Bonchev–Trinajstić information content (AvgIpc) is 2.77. The molecule has 3 nitrogen and oxygen atoms in total. The normalized spacial score (nSPS) is 10.8. The molecule has 0 fully saturated rings. The van der Waals surface area contributed by atoms with Crippen LogP contribution < -0.4 is 14.4 Å². The molecule has 0 aromatic heterocycles. The Hall–Kier alpha value is -3.46. The van der Waals surface area contributed by atoms with Crippen molar-refractivity contribution in [2.24, 2.45) is 0 Å². The maximum Gasteiger partial charge on any atom is 0.161 e. The van der Waals surface area contributed by atoms with E-state index in [1.54, 1.807) is 14.2 Å². The highest BCUT2D eigenvalue weighted by Crippen LogP contribution is 2.45. The van der Waals surface area contributed by atoms with Crippen molar-refractivity contribution in [2.45, 2.75) is 0 Å². The second-order valence-electron chi connectivity index (χ2n) is 7.20. The number of benzene rings is 4. The van der Waals surface area contributed by atoms with E-state index in [1.807, 2.05) is 12.1 Å². The van der Waals surface area contributed by atoms with E-state index in [-0.39, 0.29) is 0 Å². The molecule has 0 aliphatic heterocycles. The Labute approximate surface area is 172 Å². The number of methoxy groups -OCH3 is 2. The number of anilines is 1. The van der Waals surface area contributed by atoms with Crippen LogP contribution in [0.2, 0.25) is 0 Å². The molecule has 0 atom stereocenters. The lowest BCUT2D eigenvalue weighted by Crippen LogP contribution is -2.11. The van der Waals surface area contributed by atoms with Gasteiger partial charge in [-0.15, -0.1) is 0 Å². The highest BCUT2D eigenvalue weighted by atomic mass is 16.5. The second-order valence-corrected chi connectivity index (χ2v) is 7.20. The Morgan fingerprint density at radius 2 is 1.07 bits per heavy atom. The molecular weight excluding hydrogens is 358 g/mol. The van der Waals surface area contributed by atoms with Gasteiger partial charge in [0.1, 0.15) is 0 Å². The van der Waals surface area contributed by atoms with Crippen molar-refractivity contribution in [1.29, 1.82) is 0 Å². The summed E-state index contributed by atoms with van der Waals surface area (Å²) in [5, 5.41) is 2.27. The molecule has 4 aromatic rings. The molecule has 4 rings (SSSR count). The predicted molar refractivity (Wildman–Crippen MR) is 122 cm³/mol. The maximum absolute atomic E-state index is 5.63. The quantitative estimate of drug-likeness (QED) is 0.406. The summed E-state index contributed by atoms with van der Waals surface area (Å²) >= 11 is 0. The Kier molecular flexibility index (Phi) is 5.13. The zero-order valence-electron chi connectivity index (χ0n) is 17.3. The van der Waals surface area contributed by atoms with Gasteiger partial charge in [0.05, 0.1) is 19.9 Å². The highest BCUT2D eigenvalue weighted by molar-refractivity contribution is 6.10. The summed E-state index contributed by atoms with van der Waals surface area (Å²) in [4.78, 5) is 2.17. The molecule has 0 saturated heterocycles. The van der Waals surface area contributed by atoms with Gasteiger partial charge in [-0.2, -0.15) is 0 Å². The maximum atomic E-state index is 5.63. The Morgan fingerprint density at radius 1 is 0.586 bits per heavy atom. The van der Waals surface area contributed by atoms with E-state index in [1.165, 1.54) is 22.3 Å². The summed E-state index contributed by atoms with van der Waals surface area (Å²) in [6, 6.07) is 27.5. The monoisotopic (exact) mass is 383 g/mol. The van der Waals surface area contributed by atoms with Crippen LogP contribution in [-0.2, 0) is 0 Å². The van der Waals surface area contributed by atoms with Crippen LogP contribution in [0.5, 0.6) is 11.5 Å². The van der Waals surface area contributed by atoms with Gasteiger partial charge in [-0.05, 0) is 40.3 Å². The van der Waals surface area contributed by atoms with Crippen LogP contribution >= 0.6 is 0 Å². The second kappa shape index (κ2) is 7.88. The van der Waals surface area contributed by atoms with Crippen LogP contribution in [0, 0.1) is 0 Å². The van der Waals surface area contributed by atoms with Crippen LogP contribution in [-0.4, -0.2) is 28.3 Å². The summed E-state index contributed by atoms with van der Waals surface area (Å²) in [6.07, 6.45) is 0. The third kappa shape index (κ3) is 3.40. The van der Waals surface area contributed by atoms with E-state index in [4.69, 9.17) is 9.47 Å². The van der Waals surface area contributed by atoms with E-state index in [9.17, 15) is 0 Å².